The van der Waals surface area contributed by atoms with E-state index < -0.39 is 0 Å². The number of aryl methyl sites for hydroxylation is 1. The Bertz CT molecular complexity index is 820. The molecule has 1 saturated heterocycles. The molecule has 2 aromatic carbocycles. The lowest BCUT2D eigenvalue weighted by Crippen LogP contribution is -2.46. The number of amides is 2. The smallest absolute Gasteiger partial charge is 0.323 e. The third-order valence-corrected chi connectivity index (χ3v) is 5.56. The van der Waals surface area contributed by atoms with Crippen LogP contribution in [0.15, 0.2) is 36.4 Å². The van der Waals surface area contributed by atoms with E-state index in [-0.39, 0.29) is 6.03 Å². The lowest BCUT2D eigenvalue weighted by molar-refractivity contribution is 0.262. The largest absolute Gasteiger partial charge is 0.369 e. The molecule has 1 fully saturated rings. The van der Waals surface area contributed by atoms with Gasteiger partial charge >= 0.3 is 6.03 Å². The summed E-state index contributed by atoms with van der Waals surface area (Å²) in [4.78, 5) is 17.1. The summed E-state index contributed by atoms with van der Waals surface area (Å²) in [6.07, 6.45) is 0. The van der Waals surface area contributed by atoms with E-state index in [4.69, 9.17) is 23.2 Å². The molecule has 2 N–H and O–H groups in total. The van der Waals surface area contributed by atoms with Crippen molar-refractivity contribution in [3.8, 4) is 0 Å². The summed E-state index contributed by atoms with van der Waals surface area (Å²) < 4.78 is 0. The number of hydrogen-bond acceptors (Lipinski definition) is 3. The highest BCUT2D eigenvalue weighted by atomic mass is 35.5. The number of carbonyl (C=O) groups is 1. The fraction of sp³-hybridized carbons (Fsp3) is 0.350. The highest BCUT2D eigenvalue weighted by Crippen LogP contribution is 2.26. The molecule has 144 valence electrons. The van der Waals surface area contributed by atoms with Gasteiger partial charge in [0.15, 0.2) is 0 Å². The quantitative estimate of drug-likeness (QED) is 0.743. The molecule has 27 heavy (non-hydrogen) atoms. The minimum absolute atomic E-state index is 0.319. The van der Waals surface area contributed by atoms with Crippen molar-refractivity contribution in [3.63, 3.8) is 0 Å². The summed E-state index contributed by atoms with van der Waals surface area (Å²) in [5.74, 6) is 0. The second kappa shape index (κ2) is 8.83. The molecular weight excluding hydrogens is 383 g/mol. The van der Waals surface area contributed by atoms with Crippen molar-refractivity contribution in [3.05, 3.63) is 52.0 Å². The first-order valence-corrected chi connectivity index (χ1v) is 9.83. The zero-order chi connectivity index (χ0) is 19.4. The average Bonchev–Trinajstić information content (AvgIpc) is 2.66. The normalized spacial score (nSPS) is 14.9. The number of benzene rings is 2. The van der Waals surface area contributed by atoms with Crippen LogP contribution >= 0.6 is 23.2 Å². The van der Waals surface area contributed by atoms with E-state index in [0.717, 1.165) is 44.0 Å². The predicted octanol–water partition coefficient (Wildman–Crippen LogP) is 5.09. The second-order valence-corrected chi connectivity index (χ2v) is 7.44. The summed E-state index contributed by atoms with van der Waals surface area (Å²) in [6, 6.07) is 10.8. The van der Waals surface area contributed by atoms with Crippen molar-refractivity contribution in [1.82, 2.24) is 4.90 Å². The first-order chi connectivity index (χ1) is 13.0. The Balaban J connectivity index is 1.62. The molecule has 0 atom stereocenters. The summed E-state index contributed by atoms with van der Waals surface area (Å²) in [5.41, 5.74) is 3.59. The number of nitrogens with one attached hydrogen (secondary N) is 2. The van der Waals surface area contributed by atoms with Crippen molar-refractivity contribution >= 4 is 46.3 Å². The maximum atomic E-state index is 12.3. The Morgan fingerprint density at radius 2 is 1.74 bits per heavy atom. The summed E-state index contributed by atoms with van der Waals surface area (Å²) >= 11 is 11.9. The molecule has 3 rings (SSSR count). The van der Waals surface area contributed by atoms with Crippen LogP contribution in [0.2, 0.25) is 10.0 Å². The predicted molar refractivity (Wildman–Crippen MR) is 115 cm³/mol. The topological polar surface area (TPSA) is 47.6 Å². The summed E-state index contributed by atoms with van der Waals surface area (Å²) in [6.45, 7) is 9.52. The van der Waals surface area contributed by atoms with Gasteiger partial charge in [0, 0.05) is 43.2 Å². The molecule has 1 heterocycles. The minimum atomic E-state index is -0.319. The molecule has 1 aliphatic rings. The standard InChI is InChI=1S/C20H24Cl2N4O/c1-3-25-8-10-26(11-9-25)16-5-7-19(14(2)12-16)24-20(27)23-15-4-6-17(21)18(22)13-15/h4-7,12-13H,3,8-11H2,1-2H3,(H2,23,24,27). The van der Waals surface area contributed by atoms with Crippen LogP contribution in [0.5, 0.6) is 0 Å². The molecule has 0 spiro atoms. The van der Waals surface area contributed by atoms with Gasteiger partial charge in [-0.2, -0.15) is 0 Å². The number of carbonyl (C=O) groups excluding carboxylic acids is 1. The maximum absolute atomic E-state index is 12.3. The first kappa shape index (κ1) is 19.8. The molecule has 0 bridgehead atoms. The van der Waals surface area contributed by atoms with Crippen molar-refractivity contribution in [2.45, 2.75) is 13.8 Å². The average molecular weight is 407 g/mol. The molecule has 7 heteroatoms. The molecule has 5 nitrogen and oxygen atoms in total. The molecule has 0 aliphatic carbocycles. The van der Waals surface area contributed by atoms with Crippen molar-refractivity contribution in [1.29, 1.82) is 0 Å². The van der Waals surface area contributed by atoms with E-state index in [1.807, 2.05) is 13.0 Å². The number of hydrogen-bond donors (Lipinski definition) is 2. The van der Waals surface area contributed by atoms with Gasteiger partial charge in [0.1, 0.15) is 0 Å². The van der Waals surface area contributed by atoms with E-state index in [1.54, 1.807) is 18.2 Å². The van der Waals surface area contributed by atoms with Gasteiger partial charge in [-0.1, -0.05) is 30.1 Å². The van der Waals surface area contributed by atoms with Gasteiger partial charge in [0.25, 0.3) is 0 Å². The molecule has 1 aliphatic heterocycles. The Kier molecular flexibility index (Phi) is 6.47. The number of nitrogens with zero attached hydrogens (tertiary/aromatic N) is 2. The monoisotopic (exact) mass is 406 g/mol. The highest BCUT2D eigenvalue weighted by molar-refractivity contribution is 6.42. The lowest BCUT2D eigenvalue weighted by Gasteiger charge is -2.35. The number of anilines is 3. The Hall–Kier alpha value is -1.95. The molecule has 2 aromatic rings. The van der Waals surface area contributed by atoms with Crippen LogP contribution in [0.1, 0.15) is 12.5 Å². The number of likely N-dealkylation sites (N-methyl/N-ethyl adjacent to an activating group) is 1. The molecule has 0 radical (unpaired) electrons. The van der Waals surface area contributed by atoms with Crippen molar-refractivity contribution in [2.75, 3.05) is 48.3 Å². The van der Waals surface area contributed by atoms with E-state index in [9.17, 15) is 4.79 Å². The van der Waals surface area contributed by atoms with Crippen LogP contribution in [0.4, 0.5) is 21.9 Å². The van der Waals surface area contributed by atoms with Crippen LogP contribution in [0, 0.1) is 6.92 Å². The first-order valence-electron chi connectivity index (χ1n) is 9.07. The van der Waals surface area contributed by atoms with Gasteiger partial charge < -0.3 is 20.4 Å². The van der Waals surface area contributed by atoms with Crippen LogP contribution in [-0.2, 0) is 0 Å². The van der Waals surface area contributed by atoms with E-state index >= 15 is 0 Å². The van der Waals surface area contributed by atoms with E-state index in [2.05, 4.69) is 39.5 Å². The highest BCUT2D eigenvalue weighted by Gasteiger charge is 2.16. The van der Waals surface area contributed by atoms with Crippen molar-refractivity contribution < 1.29 is 4.79 Å². The van der Waals surface area contributed by atoms with Crippen molar-refractivity contribution in [2.24, 2.45) is 0 Å². The Morgan fingerprint density at radius 1 is 1.00 bits per heavy atom. The van der Waals surface area contributed by atoms with Crippen LogP contribution < -0.4 is 15.5 Å². The van der Waals surface area contributed by atoms with Gasteiger partial charge in [0.2, 0.25) is 0 Å². The lowest BCUT2D eigenvalue weighted by atomic mass is 10.1. The van der Waals surface area contributed by atoms with Gasteiger partial charge in [-0.15, -0.1) is 0 Å². The third-order valence-electron chi connectivity index (χ3n) is 4.82. The van der Waals surface area contributed by atoms with Crippen LogP contribution in [0.3, 0.4) is 0 Å². The van der Waals surface area contributed by atoms with Gasteiger partial charge in [-0.05, 0) is 55.4 Å². The number of urea groups is 1. The summed E-state index contributed by atoms with van der Waals surface area (Å²) in [7, 11) is 0. The number of halogens is 2. The molecule has 0 saturated carbocycles. The fourth-order valence-corrected chi connectivity index (χ4v) is 3.46. The number of piperazine rings is 1. The second-order valence-electron chi connectivity index (χ2n) is 6.63. The molecular formula is C20H24Cl2N4O. The van der Waals surface area contributed by atoms with E-state index in [0.29, 0.717) is 15.7 Å². The Labute approximate surface area is 170 Å². The molecule has 0 unspecified atom stereocenters. The third kappa shape index (κ3) is 5.06. The van der Waals surface area contributed by atoms with Gasteiger partial charge in [0.05, 0.1) is 10.0 Å². The SMILES string of the molecule is CCN1CCN(c2ccc(NC(=O)Nc3ccc(Cl)c(Cl)c3)c(C)c2)CC1. The fourth-order valence-electron chi connectivity index (χ4n) is 3.17. The van der Waals surface area contributed by atoms with E-state index in [1.165, 1.54) is 5.69 Å². The maximum Gasteiger partial charge on any atom is 0.323 e. The van der Waals surface area contributed by atoms with Gasteiger partial charge in [-0.3, -0.25) is 0 Å². The Morgan fingerprint density at radius 3 is 2.37 bits per heavy atom. The van der Waals surface area contributed by atoms with Crippen LogP contribution in [0.25, 0.3) is 0 Å². The molecule has 0 aromatic heterocycles. The zero-order valence-electron chi connectivity index (χ0n) is 15.6. The van der Waals surface area contributed by atoms with Crippen LogP contribution in [-0.4, -0.2) is 43.7 Å². The summed E-state index contributed by atoms with van der Waals surface area (Å²) in [5, 5.41) is 6.51. The molecule has 2 amide bonds. The zero-order valence-corrected chi connectivity index (χ0v) is 17.1. The van der Waals surface area contributed by atoms with Gasteiger partial charge in [-0.25, -0.2) is 4.79 Å². The number of rotatable bonds is 4. The minimum Gasteiger partial charge on any atom is -0.369 e.